The average molecular weight is 272 g/mol. The fourth-order valence-electron chi connectivity index (χ4n) is 1.73. The maximum atomic E-state index is 11.6. The van der Waals surface area contributed by atoms with Crippen LogP contribution in [0.4, 0.5) is 0 Å². The minimum atomic E-state index is -0.324. The Hall–Kier alpha value is -2.56. The first kappa shape index (κ1) is 13.9. The molecule has 0 saturated carbocycles. The molecule has 0 atom stereocenters. The number of hydrazone groups is 1. The van der Waals surface area contributed by atoms with Crippen molar-refractivity contribution in [3.63, 3.8) is 0 Å². The number of rotatable bonds is 5. The van der Waals surface area contributed by atoms with E-state index < -0.39 is 0 Å². The number of amides is 1. The van der Waals surface area contributed by atoms with Crippen LogP contribution in [0.25, 0.3) is 0 Å². The summed E-state index contributed by atoms with van der Waals surface area (Å²) >= 11 is 0. The van der Waals surface area contributed by atoms with Crippen molar-refractivity contribution in [2.45, 2.75) is 13.8 Å². The van der Waals surface area contributed by atoms with Gasteiger partial charge in [-0.15, -0.1) is 0 Å². The van der Waals surface area contributed by atoms with Crippen molar-refractivity contribution in [2.24, 2.45) is 5.10 Å². The number of para-hydroxylation sites is 1. The molecule has 1 aromatic heterocycles. The number of nitrogens with one attached hydrogen (secondary N) is 1. The van der Waals surface area contributed by atoms with Crippen LogP contribution in [0.15, 0.2) is 46.1 Å². The molecule has 0 radical (unpaired) electrons. The Morgan fingerprint density at radius 1 is 1.30 bits per heavy atom. The maximum Gasteiger partial charge on any atom is 0.277 e. The summed E-state index contributed by atoms with van der Waals surface area (Å²) in [6, 6.07) is 9.31. The number of carbonyl (C=O) groups excluding carboxylic acids is 1. The van der Waals surface area contributed by atoms with Crippen molar-refractivity contribution < 1.29 is 13.9 Å². The number of benzene rings is 1. The third-order valence-electron chi connectivity index (χ3n) is 2.68. The molecule has 0 aliphatic rings. The molecule has 0 aliphatic carbocycles. The summed E-state index contributed by atoms with van der Waals surface area (Å²) in [4.78, 5) is 11.6. The van der Waals surface area contributed by atoms with Gasteiger partial charge in [-0.2, -0.15) is 5.10 Å². The lowest BCUT2D eigenvalue weighted by atomic mass is 10.1. The Labute approximate surface area is 117 Å². The van der Waals surface area contributed by atoms with E-state index in [1.165, 1.54) is 12.5 Å². The molecule has 104 valence electrons. The van der Waals surface area contributed by atoms with Crippen molar-refractivity contribution >= 4 is 12.1 Å². The van der Waals surface area contributed by atoms with Crippen LogP contribution in [0.1, 0.15) is 16.9 Å². The van der Waals surface area contributed by atoms with Crippen molar-refractivity contribution in [1.82, 2.24) is 5.43 Å². The highest BCUT2D eigenvalue weighted by atomic mass is 16.5. The first-order chi connectivity index (χ1) is 9.66. The Balaban J connectivity index is 1.83. The summed E-state index contributed by atoms with van der Waals surface area (Å²) in [5.74, 6) is 0.981. The van der Waals surface area contributed by atoms with Gasteiger partial charge in [0.1, 0.15) is 11.5 Å². The molecule has 2 rings (SSSR count). The topological polar surface area (TPSA) is 63.8 Å². The molecule has 0 bridgehead atoms. The lowest BCUT2D eigenvalue weighted by Crippen LogP contribution is -2.24. The second-order valence-corrected chi connectivity index (χ2v) is 4.32. The first-order valence-electron chi connectivity index (χ1n) is 6.21. The molecule has 1 aromatic carbocycles. The Kier molecular flexibility index (Phi) is 4.55. The van der Waals surface area contributed by atoms with Crippen LogP contribution in [0.2, 0.25) is 0 Å². The summed E-state index contributed by atoms with van der Waals surface area (Å²) < 4.78 is 10.6. The Morgan fingerprint density at radius 3 is 2.70 bits per heavy atom. The number of hydrogen-bond acceptors (Lipinski definition) is 4. The van der Waals surface area contributed by atoms with Gasteiger partial charge < -0.3 is 9.15 Å². The highest BCUT2D eigenvalue weighted by Gasteiger charge is 2.06. The quantitative estimate of drug-likeness (QED) is 0.671. The van der Waals surface area contributed by atoms with E-state index in [2.05, 4.69) is 10.5 Å². The van der Waals surface area contributed by atoms with Gasteiger partial charge in [-0.3, -0.25) is 4.79 Å². The third kappa shape index (κ3) is 3.71. The number of hydrogen-bond donors (Lipinski definition) is 1. The number of aryl methyl sites for hydroxylation is 2. The average Bonchev–Trinajstić information content (AvgIpc) is 2.91. The lowest BCUT2D eigenvalue weighted by molar-refractivity contribution is -0.123. The number of ether oxygens (including phenoxy) is 1. The fourth-order valence-corrected chi connectivity index (χ4v) is 1.73. The molecule has 0 fully saturated rings. The van der Waals surface area contributed by atoms with Crippen molar-refractivity contribution in [2.75, 3.05) is 6.61 Å². The van der Waals surface area contributed by atoms with Crippen LogP contribution in [0.3, 0.4) is 0 Å². The van der Waals surface area contributed by atoms with Gasteiger partial charge in [-0.05, 0) is 37.1 Å². The highest BCUT2D eigenvalue weighted by molar-refractivity contribution is 5.81. The van der Waals surface area contributed by atoms with Gasteiger partial charge in [0.25, 0.3) is 5.91 Å². The van der Waals surface area contributed by atoms with Crippen LogP contribution < -0.4 is 10.2 Å². The predicted molar refractivity (Wildman–Crippen MR) is 75.9 cm³/mol. The molecule has 2 aromatic rings. The summed E-state index contributed by atoms with van der Waals surface area (Å²) in [7, 11) is 0. The van der Waals surface area contributed by atoms with Gasteiger partial charge in [-0.1, -0.05) is 18.2 Å². The monoisotopic (exact) mass is 272 g/mol. The molecule has 5 heteroatoms. The largest absolute Gasteiger partial charge is 0.483 e. The summed E-state index contributed by atoms with van der Waals surface area (Å²) in [6.45, 7) is 3.80. The zero-order chi connectivity index (χ0) is 14.4. The molecular weight excluding hydrogens is 256 g/mol. The first-order valence-corrected chi connectivity index (χ1v) is 6.21. The number of carbonyl (C=O) groups is 1. The van der Waals surface area contributed by atoms with Crippen molar-refractivity contribution in [1.29, 1.82) is 0 Å². The van der Waals surface area contributed by atoms with E-state index in [1.807, 2.05) is 32.0 Å². The van der Waals surface area contributed by atoms with Gasteiger partial charge >= 0.3 is 0 Å². The minimum Gasteiger partial charge on any atom is -0.483 e. The minimum absolute atomic E-state index is 0.0822. The van der Waals surface area contributed by atoms with Crippen LogP contribution in [0, 0.1) is 13.8 Å². The molecule has 0 aliphatic heterocycles. The van der Waals surface area contributed by atoms with E-state index in [9.17, 15) is 4.79 Å². The predicted octanol–water partition coefficient (Wildman–Crippen LogP) is 2.43. The molecule has 0 saturated heterocycles. The molecule has 0 unspecified atom stereocenters. The van der Waals surface area contributed by atoms with Gasteiger partial charge in [0, 0.05) is 0 Å². The van der Waals surface area contributed by atoms with Gasteiger partial charge in [-0.25, -0.2) is 5.43 Å². The second kappa shape index (κ2) is 6.56. The van der Waals surface area contributed by atoms with E-state index in [0.717, 1.165) is 16.9 Å². The Morgan fingerprint density at radius 2 is 2.05 bits per heavy atom. The summed E-state index contributed by atoms with van der Waals surface area (Å²) in [6.07, 6.45) is 2.96. The van der Waals surface area contributed by atoms with E-state index >= 15 is 0 Å². The van der Waals surface area contributed by atoms with E-state index in [0.29, 0.717) is 5.76 Å². The Bertz CT molecular complexity index is 583. The molecule has 1 amide bonds. The molecule has 1 heterocycles. The standard InChI is InChI=1S/C15H16N2O3/c1-11-5-3-6-12(2)15(11)20-10-14(18)17-16-9-13-7-4-8-19-13/h3-9H,10H2,1-2H3,(H,17,18)/b16-9+. The zero-order valence-corrected chi connectivity index (χ0v) is 11.4. The van der Waals surface area contributed by atoms with Crippen molar-refractivity contribution in [3.8, 4) is 5.75 Å². The molecule has 0 spiro atoms. The second-order valence-electron chi connectivity index (χ2n) is 4.32. The maximum absolute atomic E-state index is 11.6. The normalized spacial score (nSPS) is 10.7. The van der Waals surface area contributed by atoms with Gasteiger partial charge in [0.2, 0.25) is 0 Å². The molecule has 20 heavy (non-hydrogen) atoms. The van der Waals surface area contributed by atoms with Gasteiger partial charge in [0.05, 0.1) is 12.5 Å². The van der Waals surface area contributed by atoms with Crippen LogP contribution in [0.5, 0.6) is 5.75 Å². The summed E-state index contributed by atoms with van der Waals surface area (Å²) in [5.41, 5.74) is 4.37. The van der Waals surface area contributed by atoms with E-state index in [-0.39, 0.29) is 12.5 Å². The smallest absolute Gasteiger partial charge is 0.277 e. The SMILES string of the molecule is Cc1cccc(C)c1OCC(=O)N/N=C/c1ccco1. The zero-order valence-electron chi connectivity index (χ0n) is 11.4. The molecule has 1 N–H and O–H groups in total. The highest BCUT2D eigenvalue weighted by Crippen LogP contribution is 2.21. The van der Waals surface area contributed by atoms with Gasteiger partial charge in [0.15, 0.2) is 6.61 Å². The van der Waals surface area contributed by atoms with Crippen molar-refractivity contribution in [3.05, 3.63) is 53.5 Å². The molecule has 5 nitrogen and oxygen atoms in total. The van der Waals surface area contributed by atoms with E-state index in [4.69, 9.17) is 9.15 Å². The van der Waals surface area contributed by atoms with E-state index in [1.54, 1.807) is 12.1 Å². The summed E-state index contributed by atoms with van der Waals surface area (Å²) in [5, 5.41) is 3.77. The lowest BCUT2D eigenvalue weighted by Gasteiger charge is -2.10. The van der Waals surface area contributed by atoms with Crippen LogP contribution in [-0.4, -0.2) is 18.7 Å². The van der Waals surface area contributed by atoms with Crippen LogP contribution >= 0.6 is 0 Å². The third-order valence-corrected chi connectivity index (χ3v) is 2.68. The molecular formula is C15H16N2O3. The van der Waals surface area contributed by atoms with Crippen LogP contribution in [-0.2, 0) is 4.79 Å². The number of furan rings is 1. The fraction of sp³-hybridized carbons (Fsp3) is 0.200. The number of nitrogens with zero attached hydrogens (tertiary/aromatic N) is 1.